The summed E-state index contributed by atoms with van der Waals surface area (Å²) in [5, 5.41) is 0. The van der Waals surface area contributed by atoms with Crippen LogP contribution in [-0.4, -0.2) is 23.6 Å². The molecule has 0 N–H and O–H groups in total. The highest BCUT2D eigenvalue weighted by Crippen LogP contribution is 2.35. The summed E-state index contributed by atoms with van der Waals surface area (Å²) in [7, 11) is 1.82. The van der Waals surface area contributed by atoms with Gasteiger partial charge in [0.1, 0.15) is 5.60 Å². The number of amides is 1. The highest BCUT2D eigenvalue weighted by molar-refractivity contribution is 5.68. The van der Waals surface area contributed by atoms with E-state index in [4.69, 9.17) is 4.74 Å². The Balaban J connectivity index is 2.12. The smallest absolute Gasteiger partial charge is 0.410 e. The molecule has 0 bridgehead atoms. The summed E-state index contributed by atoms with van der Waals surface area (Å²) in [5.74, 6) is 0. The van der Waals surface area contributed by atoms with E-state index in [1.807, 2.05) is 33.9 Å². The second kappa shape index (κ2) is 4.63. The van der Waals surface area contributed by atoms with E-state index in [1.165, 1.54) is 11.1 Å². The SMILES string of the molecule is CN(C(=O)OC(C)(C)C)C1CCc2ccccc21. The first-order valence-electron chi connectivity index (χ1n) is 6.42. The Morgan fingerprint density at radius 3 is 2.67 bits per heavy atom. The summed E-state index contributed by atoms with van der Waals surface area (Å²) in [6.45, 7) is 5.67. The van der Waals surface area contributed by atoms with Gasteiger partial charge in [0.25, 0.3) is 0 Å². The highest BCUT2D eigenvalue weighted by atomic mass is 16.6. The van der Waals surface area contributed by atoms with Crippen molar-refractivity contribution in [1.29, 1.82) is 0 Å². The predicted molar refractivity (Wildman–Crippen MR) is 71.5 cm³/mol. The van der Waals surface area contributed by atoms with E-state index in [2.05, 4.69) is 18.2 Å². The topological polar surface area (TPSA) is 29.5 Å². The summed E-state index contributed by atoms with van der Waals surface area (Å²) < 4.78 is 5.41. The van der Waals surface area contributed by atoms with Crippen molar-refractivity contribution in [1.82, 2.24) is 4.90 Å². The molecular formula is C15H21NO2. The molecule has 1 unspecified atom stereocenters. The number of carbonyl (C=O) groups excluding carboxylic acids is 1. The van der Waals surface area contributed by atoms with Crippen molar-refractivity contribution in [2.24, 2.45) is 0 Å². The van der Waals surface area contributed by atoms with Gasteiger partial charge >= 0.3 is 6.09 Å². The third-order valence-electron chi connectivity index (χ3n) is 3.25. The fraction of sp³-hybridized carbons (Fsp3) is 0.533. The van der Waals surface area contributed by atoms with Crippen LogP contribution < -0.4 is 0 Å². The van der Waals surface area contributed by atoms with Gasteiger partial charge in [-0.2, -0.15) is 0 Å². The van der Waals surface area contributed by atoms with Crippen LogP contribution in [0.15, 0.2) is 24.3 Å². The van der Waals surface area contributed by atoms with Crippen LogP contribution in [0.3, 0.4) is 0 Å². The summed E-state index contributed by atoms with van der Waals surface area (Å²) in [6.07, 6.45) is 1.77. The molecule has 0 aliphatic heterocycles. The maximum Gasteiger partial charge on any atom is 0.410 e. The van der Waals surface area contributed by atoms with E-state index in [0.29, 0.717) is 0 Å². The molecule has 1 aromatic carbocycles. The number of aryl methyl sites for hydroxylation is 1. The molecule has 0 spiro atoms. The lowest BCUT2D eigenvalue weighted by Gasteiger charge is -2.29. The fourth-order valence-corrected chi connectivity index (χ4v) is 2.40. The van der Waals surface area contributed by atoms with Crippen LogP contribution in [0.4, 0.5) is 4.79 Å². The van der Waals surface area contributed by atoms with Gasteiger partial charge in [-0.1, -0.05) is 24.3 Å². The van der Waals surface area contributed by atoms with Crippen LogP contribution >= 0.6 is 0 Å². The molecule has 0 fully saturated rings. The lowest BCUT2D eigenvalue weighted by molar-refractivity contribution is 0.0220. The average Bonchev–Trinajstić information content (AvgIpc) is 2.69. The number of hydrogen-bond acceptors (Lipinski definition) is 2. The lowest BCUT2D eigenvalue weighted by Crippen LogP contribution is -2.36. The molecule has 1 aromatic rings. The van der Waals surface area contributed by atoms with Gasteiger partial charge in [-0.05, 0) is 44.7 Å². The number of rotatable bonds is 1. The van der Waals surface area contributed by atoms with Crippen LogP contribution in [0, 0.1) is 0 Å². The molecule has 0 radical (unpaired) electrons. The molecular weight excluding hydrogens is 226 g/mol. The standard InChI is InChI=1S/C15H21NO2/c1-15(2,3)18-14(17)16(4)13-10-9-11-7-5-6-8-12(11)13/h5-8,13H,9-10H2,1-4H3. The van der Waals surface area contributed by atoms with Crippen molar-refractivity contribution < 1.29 is 9.53 Å². The molecule has 1 aliphatic carbocycles. The molecule has 1 atom stereocenters. The maximum atomic E-state index is 12.1. The maximum absolute atomic E-state index is 12.1. The molecule has 3 nitrogen and oxygen atoms in total. The molecule has 0 saturated heterocycles. The molecule has 0 aromatic heterocycles. The number of nitrogens with zero attached hydrogens (tertiary/aromatic N) is 1. The van der Waals surface area contributed by atoms with Crippen molar-refractivity contribution in [3.05, 3.63) is 35.4 Å². The average molecular weight is 247 g/mol. The molecule has 2 rings (SSSR count). The van der Waals surface area contributed by atoms with Crippen LogP contribution in [-0.2, 0) is 11.2 Å². The molecule has 3 heteroatoms. The normalized spacial score (nSPS) is 18.3. The second-order valence-corrected chi connectivity index (χ2v) is 5.84. The largest absolute Gasteiger partial charge is 0.444 e. The Bertz CT molecular complexity index is 448. The number of benzene rings is 1. The molecule has 18 heavy (non-hydrogen) atoms. The van der Waals surface area contributed by atoms with Gasteiger partial charge in [0.15, 0.2) is 0 Å². The molecule has 98 valence electrons. The van der Waals surface area contributed by atoms with E-state index in [1.54, 1.807) is 4.90 Å². The fourth-order valence-electron chi connectivity index (χ4n) is 2.40. The lowest BCUT2D eigenvalue weighted by atomic mass is 10.1. The highest BCUT2D eigenvalue weighted by Gasteiger charge is 2.30. The zero-order chi connectivity index (χ0) is 13.3. The Labute approximate surface area is 109 Å². The van der Waals surface area contributed by atoms with Crippen LogP contribution in [0.1, 0.15) is 44.4 Å². The van der Waals surface area contributed by atoms with Gasteiger partial charge in [0.05, 0.1) is 6.04 Å². The van der Waals surface area contributed by atoms with Gasteiger partial charge in [-0.3, -0.25) is 0 Å². The first kappa shape index (κ1) is 12.9. The van der Waals surface area contributed by atoms with Crippen molar-refractivity contribution in [3.63, 3.8) is 0 Å². The van der Waals surface area contributed by atoms with Crippen LogP contribution in [0.25, 0.3) is 0 Å². The molecule has 0 heterocycles. The monoisotopic (exact) mass is 247 g/mol. The van der Waals surface area contributed by atoms with Crippen molar-refractivity contribution in [2.45, 2.75) is 45.3 Å². The Kier molecular flexibility index (Phi) is 3.33. The zero-order valence-electron chi connectivity index (χ0n) is 11.6. The summed E-state index contributed by atoms with van der Waals surface area (Å²) in [5.41, 5.74) is 2.16. The van der Waals surface area contributed by atoms with Crippen molar-refractivity contribution in [2.75, 3.05) is 7.05 Å². The predicted octanol–water partition coefficient (Wildman–Crippen LogP) is 3.54. The Morgan fingerprint density at radius 1 is 1.33 bits per heavy atom. The molecule has 1 aliphatic rings. The van der Waals surface area contributed by atoms with Crippen LogP contribution in [0.2, 0.25) is 0 Å². The van der Waals surface area contributed by atoms with Crippen molar-refractivity contribution >= 4 is 6.09 Å². The number of ether oxygens (including phenoxy) is 1. The third kappa shape index (κ3) is 2.66. The Hall–Kier alpha value is -1.51. The molecule has 1 amide bonds. The Morgan fingerprint density at radius 2 is 2.00 bits per heavy atom. The van der Waals surface area contributed by atoms with Crippen molar-refractivity contribution in [3.8, 4) is 0 Å². The first-order valence-corrected chi connectivity index (χ1v) is 6.42. The molecule has 0 saturated carbocycles. The van der Waals surface area contributed by atoms with E-state index >= 15 is 0 Å². The third-order valence-corrected chi connectivity index (χ3v) is 3.25. The minimum Gasteiger partial charge on any atom is -0.444 e. The first-order chi connectivity index (χ1) is 8.38. The number of carbonyl (C=O) groups is 1. The van der Waals surface area contributed by atoms with Gasteiger partial charge < -0.3 is 9.64 Å². The van der Waals surface area contributed by atoms with E-state index in [0.717, 1.165) is 12.8 Å². The minimum absolute atomic E-state index is 0.149. The van der Waals surface area contributed by atoms with Gasteiger partial charge in [0.2, 0.25) is 0 Å². The zero-order valence-corrected chi connectivity index (χ0v) is 11.6. The van der Waals surface area contributed by atoms with E-state index in [-0.39, 0.29) is 12.1 Å². The van der Waals surface area contributed by atoms with Crippen LogP contribution in [0.5, 0.6) is 0 Å². The van der Waals surface area contributed by atoms with E-state index in [9.17, 15) is 4.79 Å². The number of hydrogen-bond donors (Lipinski definition) is 0. The quantitative estimate of drug-likeness (QED) is 0.759. The van der Waals surface area contributed by atoms with Gasteiger partial charge in [-0.15, -0.1) is 0 Å². The minimum atomic E-state index is -0.441. The van der Waals surface area contributed by atoms with E-state index < -0.39 is 5.60 Å². The van der Waals surface area contributed by atoms with Gasteiger partial charge in [-0.25, -0.2) is 4.79 Å². The van der Waals surface area contributed by atoms with Gasteiger partial charge in [0, 0.05) is 7.05 Å². The summed E-state index contributed by atoms with van der Waals surface area (Å²) >= 11 is 0. The summed E-state index contributed by atoms with van der Waals surface area (Å²) in [6, 6.07) is 8.47. The summed E-state index contributed by atoms with van der Waals surface area (Å²) in [4.78, 5) is 13.8. The number of fused-ring (bicyclic) bond motifs is 1. The second-order valence-electron chi connectivity index (χ2n) is 5.84.